The maximum absolute atomic E-state index is 8.90. The van der Waals surface area contributed by atoms with Crippen molar-refractivity contribution in [2.24, 2.45) is 0 Å². The van der Waals surface area contributed by atoms with Gasteiger partial charge in [0, 0.05) is 11.9 Å². The van der Waals surface area contributed by atoms with Crippen LogP contribution in [0.15, 0.2) is 40.8 Å². The van der Waals surface area contributed by atoms with Gasteiger partial charge in [0.2, 0.25) is 5.16 Å². The van der Waals surface area contributed by atoms with E-state index >= 15 is 0 Å². The van der Waals surface area contributed by atoms with Crippen LogP contribution < -0.4 is 0 Å². The zero-order valence-corrected chi connectivity index (χ0v) is 10.8. The zero-order chi connectivity index (χ0) is 13.2. The molecule has 7 heteroatoms. The fourth-order valence-corrected chi connectivity index (χ4v) is 2.45. The summed E-state index contributed by atoms with van der Waals surface area (Å²) in [6, 6.07) is 9.33. The van der Waals surface area contributed by atoms with Crippen molar-refractivity contribution >= 4 is 17.4 Å². The van der Waals surface area contributed by atoms with Gasteiger partial charge in [-0.05, 0) is 36.9 Å². The Morgan fingerprint density at radius 1 is 1.26 bits per heavy atom. The van der Waals surface area contributed by atoms with Crippen LogP contribution in [0.4, 0.5) is 0 Å². The first kappa shape index (κ1) is 11.6. The molecule has 3 aromatic heterocycles. The van der Waals surface area contributed by atoms with Gasteiger partial charge >= 0.3 is 0 Å². The molecule has 0 saturated heterocycles. The second-order valence-corrected chi connectivity index (χ2v) is 4.74. The van der Waals surface area contributed by atoms with Gasteiger partial charge in [-0.25, -0.2) is 9.97 Å². The molecule has 3 rings (SSSR count). The van der Waals surface area contributed by atoms with E-state index in [0.717, 1.165) is 11.3 Å². The number of aryl methyl sites for hydroxylation is 1. The highest BCUT2D eigenvalue weighted by Crippen LogP contribution is 2.23. The lowest BCUT2D eigenvalue weighted by Crippen LogP contribution is -1.95. The van der Waals surface area contributed by atoms with E-state index in [1.54, 1.807) is 6.07 Å². The van der Waals surface area contributed by atoms with Crippen LogP contribution in [-0.4, -0.2) is 24.6 Å². The van der Waals surface area contributed by atoms with Crippen LogP contribution in [0.25, 0.3) is 5.65 Å². The summed E-state index contributed by atoms with van der Waals surface area (Å²) in [6.07, 6.45) is 1.87. The van der Waals surface area contributed by atoms with E-state index in [1.807, 2.05) is 41.8 Å². The zero-order valence-electron chi connectivity index (χ0n) is 9.98. The molecule has 0 amide bonds. The number of aromatic nitrogens is 5. The molecule has 3 heterocycles. The first-order valence-corrected chi connectivity index (χ1v) is 6.31. The van der Waals surface area contributed by atoms with Crippen molar-refractivity contribution < 1.29 is 0 Å². The molecule has 92 valence electrons. The molecular formula is C12H8N6S. The smallest absolute Gasteiger partial charge is 0.203 e. The topological polar surface area (TPSA) is 79.8 Å². The Balaban J connectivity index is 2.02. The van der Waals surface area contributed by atoms with Gasteiger partial charge in [-0.3, -0.25) is 4.40 Å². The highest BCUT2D eigenvalue weighted by Gasteiger charge is 2.10. The van der Waals surface area contributed by atoms with Crippen molar-refractivity contribution in [2.45, 2.75) is 17.2 Å². The molecule has 0 saturated carbocycles. The fraction of sp³-hybridized carbons (Fsp3) is 0.0833. The Kier molecular flexibility index (Phi) is 2.85. The molecule has 0 aliphatic rings. The highest BCUT2D eigenvalue weighted by molar-refractivity contribution is 7.99. The summed E-state index contributed by atoms with van der Waals surface area (Å²) in [4.78, 5) is 8.43. The standard InChI is InChI=1S/C12H8N6S/c1-8-6-9(7-13)15-11(14-8)19-12-17-16-10-4-2-3-5-18(10)12/h2-6H,1H3. The van der Waals surface area contributed by atoms with Crippen molar-refractivity contribution in [3.63, 3.8) is 0 Å². The Morgan fingerprint density at radius 3 is 3.00 bits per heavy atom. The lowest BCUT2D eigenvalue weighted by atomic mass is 10.4. The SMILES string of the molecule is Cc1cc(C#N)nc(Sc2nnc3ccccn23)n1. The van der Waals surface area contributed by atoms with Crippen molar-refractivity contribution in [1.82, 2.24) is 24.6 Å². The average Bonchev–Trinajstić information content (AvgIpc) is 2.82. The predicted octanol–water partition coefficient (Wildman–Crippen LogP) is 1.85. The molecule has 3 aromatic rings. The third-order valence-electron chi connectivity index (χ3n) is 2.41. The van der Waals surface area contributed by atoms with Crippen LogP contribution in [0.1, 0.15) is 11.4 Å². The number of nitriles is 1. The van der Waals surface area contributed by atoms with E-state index in [1.165, 1.54) is 11.8 Å². The molecule has 0 aromatic carbocycles. The number of nitrogens with zero attached hydrogens (tertiary/aromatic N) is 6. The van der Waals surface area contributed by atoms with Crippen molar-refractivity contribution in [2.75, 3.05) is 0 Å². The van der Waals surface area contributed by atoms with Gasteiger partial charge in [0.05, 0.1) is 0 Å². The van der Waals surface area contributed by atoms with Crippen LogP contribution in [0, 0.1) is 18.3 Å². The lowest BCUT2D eigenvalue weighted by molar-refractivity contribution is 0.884. The molecule has 0 N–H and O–H groups in total. The Morgan fingerprint density at radius 2 is 2.16 bits per heavy atom. The molecule has 19 heavy (non-hydrogen) atoms. The van der Waals surface area contributed by atoms with Crippen molar-refractivity contribution in [1.29, 1.82) is 5.26 Å². The summed E-state index contributed by atoms with van der Waals surface area (Å²) in [7, 11) is 0. The molecule has 0 aliphatic heterocycles. The van der Waals surface area contributed by atoms with E-state index in [0.29, 0.717) is 16.0 Å². The number of hydrogen-bond acceptors (Lipinski definition) is 6. The van der Waals surface area contributed by atoms with Gasteiger partial charge in [0.15, 0.2) is 10.8 Å². The minimum absolute atomic E-state index is 0.351. The predicted molar refractivity (Wildman–Crippen MR) is 68.6 cm³/mol. The molecule has 0 spiro atoms. The number of rotatable bonds is 2. The summed E-state index contributed by atoms with van der Waals surface area (Å²) in [5, 5.41) is 18.2. The largest absolute Gasteiger partial charge is 0.277 e. The summed E-state index contributed by atoms with van der Waals surface area (Å²) >= 11 is 1.28. The maximum atomic E-state index is 8.90. The van der Waals surface area contributed by atoms with Gasteiger partial charge < -0.3 is 0 Å². The maximum Gasteiger partial charge on any atom is 0.203 e. The summed E-state index contributed by atoms with van der Waals surface area (Å²) in [5.41, 5.74) is 1.87. The van der Waals surface area contributed by atoms with E-state index in [-0.39, 0.29) is 0 Å². The van der Waals surface area contributed by atoms with E-state index in [4.69, 9.17) is 5.26 Å². The first-order chi connectivity index (χ1) is 9.26. The van der Waals surface area contributed by atoms with Crippen LogP contribution in [-0.2, 0) is 0 Å². The van der Waals surface area contributed by atoms with E-state index < -0.39 is 0 Å². The van der Waals surface area contributed by atoms with Gasteiger partial charge in [0.25, 0.3) is 0 Å². The van der Waals surface area contributed by atoms with Gasteiger partial charge in [0.1, 0.15) is 11.8 Å². The lowest BCUT2D eigenvalue weighted by Gasteiger charge is -2.00. The molecule has 0 radical (unpaired) electrons. The van der Waals surface area contributed by atoms with Crippen LogP contribution in [0.3, 0.4) is 0 Å². The third kappa shape index (κ3) is 2.26. The monoisotopic (exact) mass is 268 g/mol. The van der Waals surface area contributed by atoms with Gasteiger partial charge in [-0.1, -0.05) is 6.07 Å². The molecular weight excluding hydrogens is 260 g/mol. The van der Waals surface area contributed by atoms with Gasteiger partial charge in [-0.15, -0.1) is 10.2 Å². The number of pyridine rings is 1. The molecule has 0 bridgehead atoms. The molecule has 6 nitrogen and oxygen atoms in total. The molecule has 0 fully saturated rings. The molecule has 0 unspecified atom stereocenters. The van der Waals surface area contributed by atoms with Crippen LogP contribution >= 0.6 is 11.8 Å². The summed E-state index contributed by atoms with van der Waals surface area (Å²) < 4.78 is 1.85. The molecule has 0 aliphatic carbocycles. The summed E-state index contributed by atoms with van der Waals surface area (Å²) in [6.45, 7) is 1.83. The van der Waals surface area contributed by atoms with E-state index in [2.05, 4.69) is 20.2 Å². The highest BCUT2D eigenvalue weighted by atomic mass is 32.2. The quantitative estimate of drug-likeness (QED) is 0.660. The summed E-state index contributed by atoms with van der Waals surface area (Å²) in [5.74, 6) is 0. The normalized spacial score (nSPS) is 10.5. The Bertz CT molecular complexity index is 788. The second kappa shape index (κ2) is 4.66. The first-order valence-electron chi connectivity index (χ1n) is 5.49. The minimum Gasteiger partial charge on any atom is -0.277 e. The third-order valence-corrected chi connectivity index (χ3v) is 3.24. The number of fused-ring (bicyclic) bond motifs is 1. The van der Waals surface area contributed by atoms with Crippen LogP contribution in [0.2, 0.25) is 0 Å². The van der Waals surface area contributed by atoms with Gasteiger partial charge in [-0.2, -0.15) is 5.26 Å². The molecule has 0 atom stereocenters. The fourth-order valence-electron chi connectivity index (χ4n) is 1.61. The Labute approximate surface area is 113 Å². The van der Waals surface area contributed by atoms with Crippen LogP contribution in [0.5, 0.6) is 0 Å². The number of hydrogen-bond donors (Lipinski definition) is 0. The van der Waals surface area contributed by atoms with E-state index in [9.17, 15) is 0 Å². The second-order valence-electron chi connectivity index (χ2n) is 3.80. The average molecular weight is 268 g/mol. The minimum atomic E-state index is 0.351. The van der Waals surface area contributed by atoms with Crippen molar-refractivity contribution in [3.8, 4) is 6.07 Å². The van der Waals surface area contributed by atoms with Crippen molar-refractivity contribution in [3.05, 3.63) is 41.9 Å². The Hall–Kier alpha value is -2.46.